The van der Waals surface area contributed by atoms with Crippen molar-refractivity contribution in [3.8, 4) is 0 Å². The number of nitrogens with two attached hydrogens (primary N) is 1. The smallest absolute Gasteiger partial charge is 0.248 e. The molecule has 1 aliphatic carbocycles. The van der Waals surface area contributed by atoms with E-state index in [1.54, 1.807) is 0 Å². The van der Waals surface area contributed by atoms with E-state index < -0.39 is 0 Å². The van der Waals surface area contributed by atoms with Crippen LogP contribution in [0.4, 0.5) is 0 Å². The third-order valence-corrected chi connectivity index (χ3v) is 3.52. The van der Waals surface area contributed by atoms with E-state index in [2.05, 4.69) is 0 Å². The Hall–Kier alpha value is -1.31. The first-order chi connectivity index (χ1) is 7.77. The quantitative estimate of drug-likeness (QED) is 0.831. The molecule has 0 radical (unpaired) electrons. The first-order valence-electron chi connectivity index (χ1n) is 6.15. The molecule has 1 amide bonds. The summed E-state index contributed by atoms with van der Waals surface area (Å²) >= 11 is 0. The molecule has 1 aromatic carbocycles. The largest absolute Gasteiger partial charge is 0.366 e. The molecular weight excluding hydrogens is 198 g/mol. The van der Waals surface area contributed by atoms with E-state index in [0.717, 1.165) is 17.9 Å². The molecule has 0 saturated heterocycles. The zero-order chi connectivity index (χ0) is 11.4. The molecule has 2 N–H and O–H groups in total. The van der Waals surface area contributed by atoms with Crippen LogP contribution in [0.3, 0.4) is 0 Å². The van der Waals surface area contributed by atoms with E-state index in [4.69, 9.17) is 5.73 Å². The van der Waals surface area contributed by atoms with E-state index in [-0.39, 0.29) is 5.91 Å². The molecule has 0 aromatic heterocycles. The zero-order valence-electron chi connectivity index (χ0n) is 9.61. The fourth-order valence-corrected chi connectivity index (χ4v) is 2.64. The van der Waals surface area contributed by atoms with Crippen molar-refractivity contribution in [2.75, 3.05) is 0 Å². The number of primary amides is 1. The molecule has 2 rings (SSSR count). The lowest BCUT2D eigenvalue weighted by Crippen LogP contribution is -2.16. The summed E-state index contributed by atoms with van der Waals surface area (Å²) in [5.74, 6) is 0.445. The third-order valence-electron chi connectivity index (χ3n) is 3.52. The summed E-state index contributed by atoms with van der Waals surface area (Å²) in [7, 11) is 0. The molecule has 1 aromatic rings. The van der Waals surface area contributed by atoms with Gasteiger partial charge in [-0.15, -0.1) is 0 Å². The van der Waals surface area contributed by atoms with Crippen LogP contribution < -0.4 is 5.73 Å². The normalized spacial score (nSPS) is 17.2. The summed E-state index contributed by atoms with van der Waals surface area (Å²) in [5, 5.41) is 0. The summed E-state index contributed by atoms with van der Waals surface area (Å²) in [6.45, 7) is 0. The van der Waals surface area contributed by atoms with Crippen LogP contribution in [0.15, 0.2) is 24.3 Å². The van der Waals surface area contributed by atoms with Crippen molar-refractivity contribution in [3.05, 3.63) is 35.4 Å². The van der Waals surface area contributed by atoms with Gasteiger partial charge in [-0.1, -0.05) is 50.3 Å². The van der Waals surface area contributed by atoms with Crippen LogP contribution in [0.25, 0.3) is 0 Å². The standard InChI is InChI=1S/C14H19NO/c15-14(16)13-9-5-4-8-12(13)10-11-6-2-1-3-7-11/h4-5,8-9,11H,1-3,6-7,10H2,(H2,15,16). The number of hydrogen-bond donors (Lipinski definition) is 1. The van der Waals surface area contributed by atoms with Crippen molar-refractivity contribution in [1.82, 2.24) is 0 Å². The molecule has 2 nitrogen and oxygen atoms in total. The van der Waals surface area contributed by atoms with Crippen LogP contribution >= 0.6 is 0 Å². The summed E-state index contributed by atoms with van der Waals surface area (Å²) in [6, 6.07) is 7.74. The molecular formula is C14H19NO. The summed E-state index contributed by atoms with van der Waals surface area (Å²) in [5.41, 5.74) is 7.21. The maximum atomic E-state index is 11.3. The Balaban J connectivity index is 2.10. The van der Waals surface area contributed by atoms with Gasteiger partial charge in [0.05, 0.1) is 0 Å². The van der Waals surface area contributed by atoms with Crippen LogP contribution in [-0.2, 0) is 6.42 Å². The van der Waals surface area contributed by atoms with Crippen LogP contribution in [-0.4, -0.2) is 5.91 Å². The lowest BCUT2D eigenvalue weighted by molar-refractivity contribution is 0.0999. The van der Waals surface area contributed by atoms with Crippen molar-refractivity contribution in [2.45, 2.75) is 38.5 Å². The lowest BCUT2D eigenvalue weighted by atomic mass is 9.84. The summed E-state index contributed by atoms with van der Waals surface area (Å²) in [6.07, 6.45) is 7.65. The zero-order valence-corrected chi connectivity index (χ0v) is 9.61. The highest BCUT2D eigenvalue weighted by Crippen LogP contribution is 2.27. The summed E-state index contributed by atoms with van der Waals surface area (Å²) in [4.78, 5) is 11.3. The second-order valence-corrected chi connectivity index (χ2v) is 4.73. The predicted octanol–water partition coefficient (Wildman–Crippen LogP) is 2.91. The van der Waals surface area contributed by atoms with Gasteiger partial charge in [-0.3, -0.25) is 4.79 Å². The lowest BCUT2D eigenvalue weighted by Gasteiger charge is -2.22. The highest BCUT2D eigenvalue weighted by molar-refractivity contribution is 5.94. The van der Waals surface area contributed by atoms with E-state index in [1.165, 1.54) is 32.1 Å². The van der Waals surface area contributed by atoms with Gasteiger partial charge in [0.15, 0.2) is 0 Å². The monoisotopic (exact) mass is 217 g/mol. The number of carbonyl (C=O) groups excluding carboxylic acids is 1. The molecule has 1 fully saturated rings. The maximum Gasteiger partial charge on any atom is 0.248 e. The topological polar surface area (TPSA) is 43.1 Å². The number of rotatable bonds is 3. The van der Waals surface area contributed by atoms with E-state index in [0.29, 0.717) is 5.56 Å². The van der Waals surface area contributed by atoms with Crippen LogP contribution in [0.1, 0.15) is 48.0 Å². The SMILES string of the molecule is NC(=O)c1ccccc1CC1CCCCC1. The highest BCUT2D eigenvalue weighted by atomic mass is 16.1. The average molecular weight is 217 g/mol. The molecule has 0 heterocycles. The van der Waals surface area contributed by atoms with Gasteiger partial charge in [-0.25, -0.2) is 0 Å². The van der Waals surface area contributed by atoms with Gasteiger partial charge in [0, 0.05) is 5.56 Å². The molecule has 0 unspecified atom stereocenters. The Morgan fingerprint density at radius 2 is 1.88 bits per heavy atom. The Bertz CT molecular complexity index is 367. The van der Waals surface area contributed by atoms with Crippen molar-refractivity contribution in [3.63, 3.8) is 0 Å². The first-order valence-corrected chi connectivity index (χ1v) is 6.15. The van der Waals surface area contributed by atoms with E-state index in [1.807, 2.05) is 24.3 Å². The molecule has 1 aliphatic rings. The minimum atomic E-state index is -0.300. The van der Waals surface area contributed by atoms with Crippen molar-refractivity contribution < 1.29 is 4.79 Å². The van der Waals surface area contributed by atoms with Crippen molar-refractivity contribution >= 4 is 5.91 Å². The predicted molar refractivity (Wildman–Crippen MR) is 65.2 cm³/mol. The molecule has 0 aliphatic heterocycles. The summed E-state index contributed by atoms with van der Waals surface area (Å²) < 4.78 is 0. The first kappa shape index (κ1) is 11.2. The van der Waals surface area contributed by atoms with Gasteiger partial charge in [0.2, 0.25) is 5.91 Å². The minimum Gasteiger partial charge on any atom is -0.366 e. The van der Waals surface area contributed by atoms with Crippen LogP contribution in [0.2, 0.25) is 0 Å². The van der Waals surface area contributed by atoms with Crippen molar-refractivity contribution in [1.29, 1.82) is 0 Å². The van der Waals surface area contributed by atoms with Gasteiger partial charge in [0.1, 0.15) is 0 Å². The number of benzene rings is 1. The van der Waals surface area contributed by atoms with Crippen LogP contribution in [0.5, 0.6) is 0 Å². The van der Waals surface area contributed by atoms with Crippen molar-refractivity contribution in [2.24, 2.45) is 11.7 Å². The Morgan fingerprint density at radius 1 is 1.19 bits per heavy atom. The van der Waals surface area contributed by atoms with Gasteiger partial charge in [-0.2, -0.15) is 0 Å². The molecule has 2 heteroatoms. The fourth-order valence-electron chi connectivity index (χ4n) is 2.64. The van der Waals surface area contributed by atoms with Gasteiger partial charge >= 0.3 is 0 Å². The molecule has 0 atom stereocenters. The van der Waals surface area contributed by atoms with E-state index >= 15 is 0 Å². The maximum absolute atomic E-state index is 11.3. The molecule has 0 bridgehead atoms. The molecule has 16 heavy (non-hydrogen) atoms. The fraction of sp³-hybridized carbons (Fsp3) is 0.500. The number of carbonyl (C=O) groups is 1. The average Bonchev–Trinajstić information content (AvgIpc) is 2.31. The number of amides is 1. The van der Waals surface area contributed by atoms with Gasteiger partial charge < -0.3 is 5.73 Å². The second-order valence-electron chi connectivity index (χ2n) is 4.73. The molecule has 1 saturated carbocycles. The number of hydrogen-bond acceptors (Lipinski definition) is 1. The van der Waals surface area contributed by atoms with Crippen LogP contribution in [0, 0.1) is 5.92 Å². The Kier molecular flexibility index (Phi) is 3.60. The van der Waals surface area contributed by atoms with Gasteiger partial charge in [0.25, 0.3) is 0 Å². The second kappa shape index (κ2) is 5.15. The molecule has 86 valence electrons. The van der Waals surface area contributed by atoms with Gasteiger partial charge in [-0.05, 0) is 24.0 Å². The Labute approximate surface area is 96.8 Å². The molecule has 0 spiro atoms. The minimum absolute atomic E-state index is 0.300. The Morgan fingerprint density at radius 3 is 2.56 bits per heavy atom. The van der Waals surface area contributed by atoms with E-state index in [9.17, 15) is 4.79 Å². The highest BCUT2D eigenvalue weighted by Gasteiger charge is 2.16. The third kappa shape index (κ3) is 2.63.